The minimum absolute atomic E-state index is 0.0916. The van der Waals surface area contributed by atoms with Gasteiger partial charge >= 0.3 is 0 Å². The zero-order valence-corrected chi connectivity index (χ0v) is 8.74. The number of alkyl halides is 1. The van der Waals surface area contributed by atoms with Gasteiger partial charge in [-0.2, -0.15) is 0 Å². The zero-order valence-electron chi connectivity index (χ0n) is 8.74. The molecule has 0 aliphatic heterocycles. The minimum atomic E-state index is -0.996. The third kappa shape index (κ3) is 3.16. The maximum Gasteiger partial charge on any atom is 0.251 e. The van der Waals surface area contributed by atoms with Crippen LogP contribution in [0.25, 0.3) is 0 Å². The Morgan fingerprint density at radius 3 is 3.00 bits per heavy atom. The van der Waals surface area contributed by atoms with Gasteiger partial charge in [-0.15, -0.1) is 0 Å². The normalized spacial score (nSPS) is 24.9. The van der Waals surface area contributed by atoms with Gasteiger partial charge in [-0.25, -0.2) is 4.39 Å². The van der Waals surface area contributed by atoms with Gasteiger partial charge in [0.15, 0.2) is 0 Å². The number of carbonyl (C=O) groups is 1. The van der Waals surface area contributed by atoms with E-state index in [1.165, 1.54) is 12.2 Å². The lowest BCUT2D eigenvalue weighted by molar-refractivity contribution is -0.117. The van der Waals surface area contributed by atoms with Crippen LogP contribution in [-0.2, 0) is 4.79 Å². The molecule has 2 N–H and O–H groups in total. The van der Waals surface area contributed by atoms with Crippen LogP contribution < -0.4 is 5.32 Å². The Kier molecular flexibility index (Phi) is 4.49. The van der Waals surface area contributed by atoms with Crippen molar-refractivity contribution in [3.05, 3.63) is 23.8 Å². The van der Waals surface area contributed by atoms with Crippen LogP contribution in [0.2, 0.25) is 0 Å². The average molecular weight is 213 g/mol. The first-order valence-electron chi connectivity index (χ1n) is 5.12. The van der Waals surface area contributed by atoms with E-state index in [0.29, 0.717) is 12.0 Å². The standard InChI is InChI=1S/C11H16FNO2/c1-2-8-7-9(3-4-10(8)12)11(15)13-5-6-14/h3-4,7-8,10,14H,2,5-6H2,1H3,(H,13,15)/t8-,10+/m0/s1. The second kappa shape index (κ2) is 5.66. The predicted molar refractivity (Wildman–Crippen MR) is 56.0 cm³/mol. The number of nitrogens with one attached hydrogen (secondary N) is 1. The number of hydrogen-bond donors (Lipinski definition) is 2. The Balaban J connectivity index is 2.62. The molecule has 2 atom stereocenters. The lowest BCUT2D eigenvalue weighted by Gasteiger charge is -2.18. The van der Waals surface area contributed by atoms with E-state index in [-0.39, 0.29) is 25.0 Å². The van der Waals surface area contributed by atoms with E-state index in [1.807, 2.05) is 6.92 Å². The second-order valence-corrected chi connectivity index (χ2v) is 3.48. The number of amides is 1. The van der Waals surface area contributed by atoms with Crippen molar-refractivity contribution in [3.63, 3.8) is 0 Å². The van der Waals surface area contributed by atoms with Gasteiger partial charge in [0, 0.05) is 18.0 Å². The highest BCUT2D eigenvalue weighted by molar-refractivity contribution is 5.96. The van der Waals surface area contributed by atoms with E-state index >= 15 is 0 Å². The van der Waals surface area contributed by atoms with Crippen LogP contribution in [0.15, 0.2) is 23.8 Å². The maximum absolute atomic E-state index is 13.2. The quantitative estimate of drug-likeness (QED) is 0.730. The molecule has 3 nitrogen and oxygen atoms in total. The second-order valence-electron chi connectivity index (χ2n) is 3.48. The van der Waals surface area contributed by atoms with Crippen LogP contribution in [0.1, 0.15) is 13.3 Å². The number of aliphatic hydroxyl groups is 1. The van der Waals surface area contributed by atoms with Gasteiger partial charge in [-0.05, 0) is 12.5 Å². The molecule has 0 fully saturated rings. The molecule has 0 aromatic rings. The Hall–Kier alpha value is -1.16. The number of allylic oxidation sites excluding steroid dienone is 2. The van der Waals surface area contributed by atoms with Crippen molar-refractivity contribution in [1.82, 2.24) is 5.32 Å². The summed E-state index contributed by atoms with van der Waals surface area (Å²) in [5, 5.41) is 11.1. The third-order valence-corrected chi connectivity index (χ3v) is 2.39. The molecule has 1 aliphatic carbocycles. The number of carbonyl (C=O) groups excluding carboxylic acids is 1. The van der Waals surface area contributed by atoms with Crippen molar-refractivity contribution >= 4 is 5.91 Å². The van der Waals surface area contributed by atoms with E-state index in [2.05, 4.69) is 5.32 Å². The summed E-state index contributed by atoms with van der Waals surface area (Å²) in [6, 6.07) is 0. The summed E-state index contributed by atoms with van der Waals surface area (Å²) in [5.74, 6) is -0.476. The molecule has 84 valence electrons. The monoisotopic (exact) mass is 213 g/mol. The fraction of sp³-hybridized carbons (Fsp3) is 0.545. The van der Waals surface area contributed by atoms with Crippen LogP contribution in [0.4, 0.5) is 4.39 Å². The fourth-order valence-corrected chi connectivity index (χ4v) is 1.48. The molecule has 0 saturated carbocycles. The van der Waals surface area contributed by atoms with Crippen molar-refractivity contribution < 1.29 is 14.3 Å². The van der Waals surface area contributed by atoms with Crippen LogP contribution in [-0.4, -0.2) is 30.3 Å². The molecule has 0 heterocycles. The topological polar surface area (TPSA) is 49.3 Å². The van der Waals surface area contributed by atoms with Crippen molar-refractivity contribution in [2.75, 3.05) is 13.2 Å². The van der Waals surface area contributed by atoms with E-state index in [4.69, 9.17) is 5.11 Å². The Labute approximate surface area is 88.7 Å². The Morgan fingerprint density at radius 1 is 1.67 bits per heavy atom. The SMILES string of the molecule is CC[C@H]1C=C(C(=O)NCCO)C=C[C@H]1F. The lowest BCUT2D eigenvalue weighted by Crippen LogP contribution is -2.29. The number of aliphatic hydroxyl groups excluding tert-OH is 1. The minimum Gasteiger partial charge on any atom is -0.395 e. The molecule has 1 aliphatic rings. The van der Waals surface area contributed by atoms with E-state index < -0.39 is 6.17 Å². The summed E-state index contributed by atoms with van der Waals surface area (Å²) in [6.45, 7) is 2.02. The van der Waals surface area contributed by atoms with Gasteiger partial charge in [-0.3, -0.25) is 4.79 Å². The molecular weight excluding hydrogens is 197 g/mol. The smallest absolute Gasteiger partial charge is 0.251 e. The van der Waals surface area contributed by atoms with Crippen molar-refractivity contribution in [2.45, 2.75) is 19.5 Å². The fourth-order valence-electron chi connectivity index (χ4n) is 1.48. The van der Waals surface area contributed by atoms with Gasteiger partial charge in [0.25, 0.3) is 5.91 Å². The average Bonchev–Trinajstić information content (AvgIpc) is 2.26. The Bertz CT molecular complexity index is 286. The first kappa shape index (κ1) is 11.9. The number of halogens is 1. The van der Waals surface area contributed by atoms with Crippen LogP contribution in [0, 0.1) is 5.92 Å². The molecule has 0 radical (unpaired) electrons. The van der Waals surface area contributed by atoms with Crippen molar-refractivity contribution in [3.8, 4) is 0 Å². The van der Waals surface area contributed by atoms with Gasteiger partial charge in [-0.1, -0.05) is 19.1 Å². The molecule has 0 spiro atoms. The first-order valence-corrected chi connectivity index (χ1v) is 5.12. The molecule has 0 unspecified atom stereocenters. The van der Waals surface area contributed by atoms with E-state index in [1.54, 1.807) is 6.08 Å². The number of rotatable bonds is 4. The van der Waals surface area contributed by atoms with Crippen LogP contribution in [0.3, 0.4) is 0 Å². The first-order chi connectivity index (χ1) is 7.19. The summed E-state index contributed by atoms with van der Waals surface area (Å²) in [7, 11) is 0. The molecule has 0 bridgehead atoms. The van der Waals surface area contributed by atoms with Gasteiger partial charge in [0.2, 0.25) is 0 Å². The summed E-state index contributed by atoms with van der Waals surface area (Å²) < 4.78 is 13.2. The molecule has 15 heavy (non-hydrogen) atoms. The molecule has 1 amide bonds. The molecule has 0 aromatic carbocycles. The maximum atomic E-state index is 13.2. The summed E-state index contributed by atoms with van der Waals surface area (Å²) in [6.07, 6.45) is 4.22. The Morgan fingerprint density at radius 2 is 2.40 bits per heavy atom. The van der Waals surface area contributed by atoms with E-state index in [9.17, 15) is 9.18 Å². The summed E-state index contributed by atoms with van der Waals surface area (Å²) >= 11 is 0. The summed E-state index contributed by atoms with van der Waals surface area (Å²) in [5.41, 5.74) is 0.476. The zero-order chi connectivity index (χ0) is 11.3. The van der Waals surface area contributed by atoms with Gasteiger partial charge < -0.3 is 10.4 Å². The highest BCUT2D eigenvalue weighted by Crippen LogP contribution is 2.22. The molecule has 0 saturated heterocycles. The summed E-state index contributed by atoms with van der Waals surface area (Å²) in [4.78, 5) is 11.5. The van der Waals surface area contributed by atoms with Gasteiger partial charge in [0.1, 0.15) is 6.17 Å². The lowest BCUT2D eigenvalue weighted by atomic mass is 9.92. The van der Waals surface area contributed by atoms with Crippen LogP contribution >= 0.6 is 0 Å². The molecule has 0 aromatic heterocycles. The van der Waals surface area contributed by atoms with E-state index in [0.717, 1.165) is 0 Å². The number of hydrogen-bond acceptors (Lipinski definition) is 2. The van der Waals surface area contributed by atoms with Crippen molar-refractivity contribution in [2.24, 2.45) is 5.92 Å². The molecule has 1 rings (SSSR count). The van der Waals surface area contributed by atoms with Crippen molar-refractivity contribution in [1.29, 1.82) is 0 Å². The van der Waals surface area contributed by atoms with Crippen LogP contribution in [0.5, 0.6) is 0 Å². The third-order valence-electron chi connectivity index (χ3n) is 2.39. The predicted octanol–water partition coefficient (Wildman–Crippen LogP) is 0.955. The highest BCUT2D eigenvalue weighted by atomic mass is 19.1. The highest BCUT2D eigenvalue weighted by Gasteiger charge is 2.20. The molecular formula is C11H16FNO2. The van der Waals surface area contributed by atoms with Gasteiger partial charge in [0.05, 0.1) is 6.61 Å². The largest absolute Gasteiger partial charge is 0.395 e. The molecule has 4 heteroatoms.